The SMILES string of the molecule is COC(=O)c1ccc(-c2ccc(CN)cc2)cc1F.Cl. The number of ether oxygens (including phenoxy) is 1. The van der Waals surface area contributed by atoms with Crippen LogP contribution in [-0.2, 0) is 11.3 Å². The van der Waals surface area contributed by atoms with Gasteiger partial charge >= 0.3 is 5.97 Å². The lowest BCUT2D eigenvalue weighted by Crippen LogP contribution is -2.04. The number of hydrogen-bond donors (Lipinski definition) is 1. The lowest BCUT2D eigenvalue weighted by atomic mass is 10.0. The second kappa shape index (κ2) is 7.03. The highest BCUT2D eigenvalue weighted by Gasteiger charge is 2.12. The second-order valence-corrected chi connectivity index (χ2v) is 4.09. The molecule has 2 aromatic carbocycles. The molecule has 0 unspecified atom stereocenters. The molecule has 20 heavy (non-hydrogen) atoms. The fraction of sp³-hybridized carbons (Fsp3) is 0.133. The van der Waals surface area contributed by atoms with Gasteiger partial charge in [0.15, 0.2) is 0 Å². The van der Waals surface area contributed by atoms with Gasteiger partial charge in [0.05, 0.1) is 12.7 Å². The molecule has 0 heterocycles. The van der Waals surface area contributed by atoms with E-state index in [4.69, 9.17) is 5.73 Å². The molecular weight excluding hydrogens is 281 g/mol. The van der Waals surface area contributed by atoms with Gasteiger partial charge in [0.2, 0.25) is 0 Å². The molecule has 2 N–H and O–H groups in total. The molecule has 0 bridgehead atoms. The van der Waals surface area contributed by atoms with Crippen molar-refractivity contribution < 1.29 is 13.9 Å². The molecule has 106 valence electrons. The third-order valence-corrected chi connectivity index (χ3v) is 2.90. The van der Waals surface area contributed by atoms with Crippen LogP contribution in [0.25, 0.3) is 11.1 Å². The number of nitrogens with two attached hydrogens (primary N) is 1. The molecule has 0 aliphatic rings. The molecule has 0 fully saturated rings. The zero-order valence-electron chi connectivity index (χ0n) is 10.9. The van der Waals surface area contributed by atoms with Gasteiger partial charge in [-0.25, -0.2) is 9.18 Å². The summed E-state index contributed by atoms with van der Waals surface area (Å²) in [4.78, 5) is 11.3. The smallest absolute Gasteiger partial charge is 0.340 e. The topological polar surface area (TPSA) is 52.3 Å². The molecule has 0 radical (unpaired) electrons. The van der Waals surface area contributed by atoms with Crippen LogP contribution in [0.4, 0.5) is 4.39 Å². The van der Waals surface area contributed by atoms with Crippen LogP contribution in [0.2, 0.25) is 0 Å². The highest BCUT2D eigenvalue weighted by Crippen LogP contribution is 2.22. The van der Waals surface area contributed by atoms with Crippen molar-refractivity contribution in [3.05, 3.63) is 59.4 Å². The van der Waals surface area contributed by atoms with E-state index in [1.807, 2.05) is 24.3 Å². The number of hydrogen-bond acceptors (Lipinski definition) is 3. The summed E-state index contributed by atoms with van der Waals surface area (Å²) in [5, 5.41) is 0. The first-order valence-electron chi connectivity index (χ1n) is 5.83. The van der Waals surface area contributed by atoms with E-state index in [1.54, 1.807) is 6.07 Å². The Labute approximate surface area is 123 Å². The minimum Gasteiger partial charge on any atom is -0.465 e. The number of methoxy groups -OCH3 is 1. The molecule has 0 atom stereocenters. The molecule has 0 saturated carbocycles. The first-order chi connectivity index (χ1) is 9.15. The Morgan fingerprint density at radius 3 is 2.25 bits per heavy atom. The van der Waals surface area contributed by atoms with Crippen molar-refractivity contribution >= 4 is 18.4 Å². The first kappa shape index (κ1) is 16.1. The Kier molecular flexibility index (Phi) is 5.67. The number of rotatable bonds is 3. The Morgan fingerprint density at radius 2 is 1.75 bits per heavy atom. The first-order valence-corrected chi connectivity index (χ1v) is 5.83. The Hall–Kier alpha value is -1.91. The summed E-state index contributed by atoms with van der Waals surface area (Å²) in [6.45, 7) is 0.468. The van der Waals surface area contributed by atoms with Crippen molar-refractivity contribution in [1.82, 2.24) is 0 Å². The molecule has 0 spiro atoms. The fourth-order valence-corrected chi connectivity index (χ4v) is 1.80. The normalized spacial score (nSPS) is 9.75. The van der Waals surface area contributed by atoms with Gasteiger partial charge in [-0.2, -0.15) is 0 Å². The number of benzene rings is 2. The molecular formula is C15H15ClFNO2. The van der Waals surface area contributed by atoms with Crippen LogP contribution in [0, 0.1) is 5.82 Å². The molecule has 0 saturated heterocycles. The monoisotopic (exact) mass is 295 g/mol. The Balaban J connectivity index is 0.00000200. The second-order valence-electron chi connectivity index (χ2n) is 4.09. The van der Waals surface area contributed by atoms with E-state index in [1.165, 1.54) is 19.2 Å². The zero-order valence-corrected chi connectivity index (χ0v) is 11.7. The van der Waals surface area contributed by atoms with Crippen LogP contribution in [0.15, 0.2) is 42.5 Å². The lowest BCUT2D eigenvalue weighted by molar-refractivity contribution is 0.0595. The van der Waals surface area contributed by atoms with Crippen LogP contribution in [0.3, 0.4) is 0 Å². The molecule has 0 aliphatic heterocycles. The van der Waals surface area contributed by atoms with Crippen LogP contribution in [0.1, 0.15) is 15.9 Å². The Bertz CT molecular complexity index is 599. The third-order valence-electron chi connectivity index (χ3n) is 2.90. The van der Waals surface area contributed by atoms with Crippen LogP contribution in [-0.4, -0.2) is 13.1 Å². The third kappa shape index (κ3) is 3.35. The van der Waals surface area contributed by atoms with Gasteiger partial charge in [-0.3, -0.25) is 0 Å². The highest BCUT2D eigenvalue weighted by molar-refractivity contribution is 5.90. The van der Waals surface area contributed by atoms with E-state index >= 15 is 0 Å². The van der Waals surface area contributed by atoms with Gasteiger partial charge in [0.1, 0.15) is 5.82 Å². The van der Waals surface area contributed by atoms with E-state index in [2.05, 4.69) is 4.74 Å². The zero-order chi connectivity index (χ0) is 13.8. The molecule has 2 rings (SSSR count). The van der Waals surface area contributed by atoms with Crippen molar-refractivity contribution in [2.45, 2.75) is 6.54 Å². The minimum absolute atomic E-state index is 0. The predicted octanol–water partition coefficient (Wildman–Crippen LogP) is 3.16. The molecule has 0 amide bonds. The predicted molar refractivity (Wildman–Crippen MR) is 78.3 cm³/mol. The molecule has 3 nitrogen and oxygen atoms in total. The summed E-state index contributed by atoms with van der Waals surface area (Å²) in [5.41, 5.74) is 8.04. The van der Waals surface area contributed by atoms with Crippen molar-refractivity contribution in [2.24, 2.45) is 5.73 Å². The minimum atomic E-state index is -0.678. The van der Waals surface area contributed by atoms with Crippen LogP contribution < -0.4 is 5.73 Å². The van der Waals surface area contributed by atoms with E-state index < -0.39 is 11.8 Å². The van der Waals surface area contributed by atoms with E-state index in [9.17, 15) is 9.18 Å². The van der Waals surface area contributed by atoms with Gasteiger partial charge < -0.3 is 10.5 Å². The standard InChI is InChI=1S/C15H14FNO2.ClH/c1-19-15(18)13-7-6-12(8-14(13)16)11-4-2-10(9-17)3-5-11;/h2-8H,9,17H2,1H3;1H. The number of esters is 1. The number of carbonyl (C=O) groups is 1. The number of carbonyl (C=O) groups excluding carboxylic acids is 1. The maximum Gasteiger partial charge on any atom is 0.340 e. The largest absolute Gasteiger partial charge is 0.465 e. The average molecular weight is 296 g/mol. The summed E-state index contributed by atoms with van der Waals surface area (Å²) in [6.07, 6.45) is 0. The van der Waals surface area contributed by atoms with E-state index in [0.29, 0.717) is 12.1 Å². The average Bonchev–Trinajstić information content (AvgIpc) is 2.46. The lowest BCUT2D eigenvalue weighted by Gasteiger charge is -2.06. The molecule has 0 aliphatic carbocycles. The maximum atomic E-state index is 13.8. The summed E-state index contributed by atoms with van der Waals surface area (Å²) >= 11 is 0. The van der Waals surface area contributed by atoms with E-state index in [-0.39, 0.29) is 18.0 Å². The molecule has 0 aromatic heterocycles. The highest BCUT2D eigenvalue weighted by atomic mass is 35.5. The molecule has 5 heteroatoms. The fourth-order valence-electron chi connectivity index (χ4n) is 1.80. The van der Waals surface area contributed by atoms with Crippen molar-refractivity contribution in [1.29, 1.82) is 0 Å². The van der Waals surface area contributed by atoms with Crippen LogP contribution in [0.5, 0.6) is 0 Å². The van der Waals surface area contributed by atoms with E-state index in [0.717, 1.165) is 11.1 Å². The summed E-state index contributed by atoms with van der Waals surface area (Å²) < 4.78 is 18.3. The summed E-state index contributed by atoms with van der Waals surface area (Å²) in [7, 11) is 1.22. The Morgan fingerprint density at radius 1 is 1.15 bits per heavy atom. The van der Waals surface area contributed by atoms with Crippen LogP contribution >= 0.6 is 12.4 Å². The number of halogens is 2. The summed E-state index contributed by atoms with van der Waals surface area (Å²) in [5.74, 6) is -1.27. The van der Waals surface area contributed by atoms with Gasteiger partial charge in [-0.1, -0.05) is 30.3 Å². The van der Waals surface area contributed by atoms with Gasteiger partial charge in [-0.05, 0) is 28.8 Å². The van der Waals surface area contributed by atoms with Crippen molar-refractivity contribution in [3.63, 3.8) is 0 Å². The van der Waals surface area contributed by atoms with Gasteiger partial charge in [0, 0.05) is 6.54 Å². The molecule has 2 aromatic rings. The summed E-state index contributed by atoms with van der Waals surface area (Å²) in [6, 6.07) is 12.0. The van der Waals surface area contributed by atoms with Gasteiger partial charge in [0.25, 0.3) is 0 Å². The quantitative estimate of drug-likeness (QED) is 0.885. The maximum absolute atomic E-state index is 13.8. The van der Waals surface area contributed by atoms with Crippen molar-refractivity contribution in [3.8, 4) is 11.1 Å². The van der Waals surface area contributed by atoms with Crippen molar-refractivity contribution in [2.75, 3.05) is 7.11 Å². The van der Waals surface area contributed by atoms with Gasteiger partial charge in [-0.15, -0.1) is 12.4 Å².